The van der Waals surface area contributed by atoms with Crippen molar-refractivity contribution >= 4 is 0 Å². The molecule has 3 nitrogen and oxygen atoms in total. The fourth-order valence-corrected chi connectivity index (χ4v) is 2.05. The summed E-state index contributed by atoms with van der Waals surface area (Å²) in [6.07, 6.45) is 2.45. The van der Waals surface area contributed by atoms with Crippen molar-refractivity contribution in [1.82, 2.24) is 9.80 Å². The molecule has 1 fully saturated rings. The molecule has 0 bridgehead atoms. The second-order valence-corrected chi connectivity index (χ2v) is 4.47. The van der Waals surface area contributed by atoms with Crippen LogP contribution in [0.3, 0.4) is 0 Å². The standard InChI is InChI=1S/C11H25N3/c1-11(2)14-8-4-7-13(9-10-14)6-3-5-12/h11H,3-10,12H2,1-2H3. The summed E-state index contributed by atoms with van der Waals surface area (Å²) in [7, 11) is 0. The lowest BCUT2D eigenvalue weighted by atomic mass is 10.3. The first-order chi connectivity index (χ1) is 6.74. The van der Waals surface area contributed by atoms with Gasteiger partial charge in [-0.05, 0) is 52.9 Å². The van der Waals surface area contributed by atoms with E-state index >= 15 is 0 Å². The number of hydrogen-bond acceptors (Lipinski definition) is 3. The van der Waals surface area contributed by atoms with E-state index in [1.807, 2.05) is 0 Å². The summed E-state index contributed by atoms with van der Waals surface area (Å²) in [6.45, 7) is 11.5. The topological polar surface area (TPSA) is 32.5 Å². The number of hydrogen-bond donors (Lipinski definition) is 1. The van der Waals surface area contributed by atoms with E-state index in [1.165, 1.54) is 39.1 Å². The Morgan fingerprint density at radius 2 is 1.93 bits per heavy atom. The van der Waals surface area contributed by atoms with Crippen LogP contribution in [0.4, 0.5) is 0 Å². The molecular weight excluding hydrogens is 174 g/mol. The number of nitrogens with two attached hydrogens (primary N) is 1. The third kappa shape index (κ3) is 3.95. The molecule has 0 saturated carbocycles. The lowest BCUT2D eigenvalue weighted by Crippen LogP contribution is -2.35. The zero-order valence-electron chi connectivity index (χ0n) is 9.71. The predicted octanol–water partition coefficient (Wildman–Crippen LogP) is 0.751. The molecule has 14 heavy (non-hydrogen) atoms. The van der Waals surface area contributed by atoms with E-state index in [0.29, 0.717) is 6.04 Å². The summed E-state index contributed by atoms with van der Waals surface area (Å²) in [5, 5.41) is 0. The highest BCUT2D eigenvalue weighted by Crippen LogP contribution is 2.06. The minimum absolute atomic E-state index is 0.699. The van der Waals surface area contributed by atoms with Gasteiger partial charge in [0, 0.05) is 19.1 Å². The summed E-state index contributed by atoms with van der Waals surface area (Å²) < 4.78 is 0. The monoisotopic (exact) mass is 199 g/mol. The molecule has 84 valence electrons. The third-order valence-corrected chi connectivity index (χ3v) is 3.03. The maximum atomic E-state index is 5.52. The van der Waals surface area contributed by atoms with Crippen LogP contribution in [0.1, 0.15) is 26.7 Å². The Bertz CT molecular complexity index is 147. The number of nitrogens with zero attached hydrogens (tertiary/aromatic N) is 2. The van der Waals surface area contributed by atoms with Crippen molar-refractivity contribution in [3.8, 4) is 0 Å². The van der Waals surface area contributed by atoms with Crippen LogP contribution < -0.4 is 5.73 Å². The molecule has 0 aromatic carbocycles. The fourth-order valence-electron chi connectivity index (χ4n) is 2.05. The van der Waals surface area contributed by atoms with Gasteiger partial charge < -0.3 is 10.6 Å². The highest BCUT2D eigenvalue weighted by Gasteiger charge is 2.15. The van der Waals surface area contributed by atoms with E-state index in [2.05, 4.69) is 23.6 Å². The van der Waals surface area contributed by atoms with Gasteiger partial charge in [-0.2, -0.15) is 0 Å². The van der Waals surface area contributed by atoms with Crippen LogP contribution in [-0.2, 0) is 0 Å². The molecule has 0 spiro atoms. The first-order valence-corrected chi connectivity index (χ1v) is 5.90. The second-order valence-electron chi connectivity index (χ2n) is 4.47. The normalized spacial score (nSPS) is 21.4. The van der Waals surface area contributed by atoms with Gasteiger partial charge in [0.1, 0.15) is 0 Å². The van der Waals surface area contributed by atoms with Gasteiger partial charge >= 0.3 is 0 Å². The molecule has 1 saturated heterocycles. The van der Waals surface area contributed by atoms with Crippen LogP contribution in [0.15, 0.2) is 0 Å². The second kappa shape index (κ2) is 6.38. The zero-order chi connectivity index (χ0) is 10.4. The molecule has 1 heterocycles. The highest BCUT2D eigenvalue weighted by molar-refractivity contribution is 4.71. The molecule has 0 aliphatic carbocycles. The Labute approximate surface area is 88.2 Å². The molecule has 2 N–H and O–H groups in total. The van der Waals surface area contributed by atoms with E-state index in [1.54, 1.807) is 0 Å². The summed E-state index contributed by atoms with van der Waals surface area (Å²) in [4.78, 5) is 5.12. The van der Waals surface area contributed by atoms with Crippen LogP contribution in [0.5, 0.6) is 0 Å². The minimum Gasteiger partial charge on any atom is -0.330 e. The van der Waals surface area contributed by atoms with Gasteiger partial charge in [0.2, 0.25) is 0 Å². The van der Waals surface area contributed by atoms with Crippen molar-refractivity contribution in [3.63, 3.8) is 0 Å². The third-order valence-electron chi connectivity index (χ3n) is 3.03. The average molecular weight is 199 g/mol. The quantitative estimate of drug-likeness (QED) is 0.725. The Morgan fingerprint density at radius 3 is 2.57 bits per heavy atom. The van der Waals surface area contributed by atoms with E-state index in [0.717, 1.165) is 13.0 Å². The van der Waals surface area contributed by atoms with Gasteiger partial charge in [0.05, 0.1) is 0 Å². The van der Waals surface area contributed by atoms with Crippen LogP contribution in [0.2, 0.25) is 0 Å². The van der Waals surface area contributed by atoms with Crippen LogP contribution in [-0.4, -0.2) is 55.1 Å². The van der Waals surface area contributed by atoms with Crippen molar-refractivity contribution in [2.45, 2.75) is 32.7 Å². The maximum Gasteiger partial charge on any atom is 0.0112 e. The summed E-state index contributed by atoms with van der Waals surface area (Å²) in [5.41, 5.74) is 5.52. The molecule has 1 aliphatic heterocycles. The predicted molar refractivity (Wildman–Crippen MR) is 61.4 cm³/mol. The first kappa shape index (κ1) is 12.0. The lowest BCUT2D eigenvalue weighted by molar-refractivity contribution is 0.220. The van der Waals surface area contributed by atoms with Gasteiger partial charge in [0.15, 0.2) is 0 Å². The Kier molecular flexibility index (Phi) is 5.45. The Balaban J connectivity index is 2.26. The molecular formula is C11H25N3. The van der Waals surface area contributed by atoms with Gasteiger partial charge in [-0.25, -0.2) is 0 Å². The minimum atomic E-state index is 0.699. The molecule has 0 radical (unpaired) electrons. The van der Waals surface area contributed by atoms with Crippen molar-refractivity contribution < 1.29 is 0 Å². The summed E-state index contributed by atoms with van der Waals surface area (Å²) >= 11 is 0. The summed E-state index contributed by atoms with van der Waals surface area (Å²) in [6, 6.07) is 0.699. The van der Waals surface area contributed by atoms with Gasteiger partial charge in [0.25, 0.3) is 0 Å². The molecule has 1 aliphatic rings. The average Bonchev–Trinajstić information content (AvgIpc) is 2.39. The molecule has 0 amide bonds. The zero-order valence-corrected chi connectivity index (χ0v) is 9.71. The summed E-state index contributed by atoms with van der Waals surface area (Å²) in [5.74, 6) is 0. The van der Waals surface area contributed by atoms with Crippen molar-refractivity contribution in [3.05, 3.63) is 0 Å². The van der Waals surface area contributed by atoms with E-state index < -0.39 is 0 Å². The Morgan fingerprint density at radius 1 is 1.14 bits per heavy atom. The molecule has 0 aromatic heterocycles. The maximum absolute atomic E-state index is 5.52. The van der Waals surface area contributed by atoms with Gasteiger partial charge in [-0.15, -0.1) is 0 Å². The van der Waals surface area contributed by atoms with Gasteiger partial charge in [-0.3, -0.25) is 4.90 Å². The SMILES string of the molecule is CC(C)N1CCCN(CCCN)CC1. The molecule has 0 aromatic rings. The van der Waals surface area contributed by atoms with Crippen molar-refractivity contribution in [2.75, 3.05) is 39.3 Å². The number of rotatable bonds is 4. The van der Waals surface area contributed by atoms with Crippen LogP contribution >= 0.6 is 0 Å². The van der Waals surface area contributed by atoms with Crippen molar-refractivity contribution in [1.29, 1.82) is 0 Å². The van der Waals surface area contributed by atoms with Crippen molar-refractivity contribution in [2.24, 2.45) is 5.73 Å². The Hall–Kier alpha value is -0.120. The molecule has 3 heteroatoms. The van der Waals surface area contributed by atoms with Crippen LogP contribution in [0.25, 0.3) is 0 Å². The fraction of sp³-hybridized carbons (Fsp3) is 1.00. The highest BCUT2D eigenvalue weighted by atomic mass is 15.2. The largest absolute Gasteiger partial charge is 0.330 e. The van der Waals surface area contributed by atoms with E-state index in [4.69, 9.17) is 5.73 Å². The molecule has 1 rings (SSSR count). The molecule has 0 atom stereocenters. The van der Waals surface area contributed by atoms with Crippen LogP contribution in [0, 0.1) is 0 Å². The van der Waals surface area contributed by atoms with Gasteiger partial charge in [-0.1, -0.05) is 0 Å². The molecule has 0 unspecified atom stereocenters. The van der Waals surface area contributed by atoms with E-state index in [-0.39, 0.29) is 0 Å². The van der Waals surface area contributed by atoms with E-state index in [9.17, 15) is 0 Å². The first-order valence-electron chi connectivity index (χ1n) is 5.90. The lowest BCUT2D eigenvalue weighted by Gasteiger charge is -2.24. The smallest absolute Gasteiger partial charge is 0.0112 e.